The van der Waals surface area contributed by atoms with Crippen LogP contribution in [-0.4, -0.2) is 36.5 Å². The number of ether oxygens (including phenoxy) is 5. The summed E-state index contributed by atoms with van der Waals surface area (Å²) < 4.78 is 31.9. The van der Waals surface area contributed by atoms with Gasteiger partial charge in [0.25, 0.3) is 0 Å². The first-order valence-corrected chi connectivity index (χ1v) is 11.8. The minimum Gasteiger partial charge on any atom is -0.373 e. The predicted octanol–water partition coefficient (Wildman–Crippen LogP) is 5.67. The second-order valence-corrected chi connectivity index (χ2v) is 10.9. The van der Waals surface area contributed by atoms with E-state index in [0.29, 0.717) is 13.2 Å². The maximum atomic E-state index is 6.42. The van der Waals surface area contributed by atoms with E-state index in [9.17, 15) is 0 Å². The Morgan fingerprint density at radius 3 is 2.13 bits per heavy atom. The smallest absolute Gasteiger partial charge is 0.191 e. The zero-order chi connectivity index (χ0) is 21.9. The van der Waals surface area contributed by atoms with E-state index in [1.165, 1.54) is 0 Å². The predicted molar refractivity (Wildman–Crippen MR) is 125 cm³/mol. The van der Waals surface area contributed by atoms with Gasteiger partial charge in [-0.05, 0) is 62.9 Å². The van der Waals surface area contributed by atoms with Gasteiger partial charge >= 0.3 is 0 Å². The lowest BCUT2D eigenvalue weighted by atomic mass is 9.95. The molecule has 0 aromatic heterocycles. The first kappa shape index (κ1) is 23.1. The van der Waals surface area contributed by atoms with E-state index in [0.717, 1.165) is 14.5 Å². The summed E-state index contributed by atoms with van der Waals surface area (Å²) in [6.45, 7) is 4.94. The highest BCUT2D eigenvalue weighted by Crippen LogP contribution is 2.46. The normalized spacial score (nSPS) is 29.0. The molecule has 166 valence electrons. The van der Waals surface area contributed by atoms with Gasteiger partial charge in [0.05, 0.1) is 23.2 Å². The van der Waals surface area contributed by atoms with Gasteiger partial charge in [-0.3, -0.25) is 0 Å². The van der Waals surface area contributed by atoms with Gasteiger partial charge < -0.3 is 23.7 Å². The molecule has 2 heterocycles. The standard InChI is InChI=1S/C24H26Br2O5/c1-23(2)29-20-21(28-15-18-11-7-4-8-12-18)24(13-19(25)26,31-22(20)30-23)16-27-14-17-9-5-3-6-10-17/h3-13,20-22H,14-16H2,1-2H3/t20?,21?,22?,24-/m1/s1. The summed E-state index contributed by atoms with van der Waals surface area (Å²) in [5.74, 6) is -0.740. The summed E-state index contributed by atoms with van der Waals surface area (Å²) in [4.78, 5) is 0. The maximum Gasteiger partial charge on any atom is 0.191 e. The molecule has 2 fully saturated rings. The minimum absolute atomic E-state index is 0.280. The van der Waals surface area contributed by atoms with Crippen molar-refractivity contribution in [2.75, 3.05) is 6.61 Å². The van der Waals surface area contributed by atoms with Crippen molar-refractivity contribution < 1.29 is 23.7 Å². The van der Waals surface area contributed by atoms with Crippen LogP contribution in [0, 0.1) is 0 Å². The van der Waals surface area contributed by atoms with Crippen LogP contribution in [0.15, 0.2) is 70.1 Å². The fourth-order valence-corrected chi connectivity index (χ4v) is 4.75. The van der Waals surface area contributed by atoms with Crippen molar-refractivity contribution in [3.8, 4) is 0 Å². The highest BCUT2D eigenvalue weighted by molar-refractivity contribution is 9.28. The lowest BCUT2D eigenvalue weighted by Crippen LogP contribution is -2.48. The van der Waals surface area contributed by atoms with Gasteiger partial charge in [-0.1, -0.05) is 60.7 Å². The quantitative estimate of drug-likeness (QED) is 0.421. The fourth-order valence-electron chi connectivity index (χ4n) is 3.97. The summed E-state index contributed by atoms with van der Waals surface area (Å²) in [6, 6.07) is 20.1. The zero-order valence-electron chi connectivity index (χ0n) is 17.5. The molecule has 2 aromatic rings. The Balaban J connectivity index is 1.56. The first-order chi connectivity index (χ1) is 14.9. The van der Waals surface area contributed by atoms with Crippen LogP contribution in [-0.2, 0) is 36.9 Å². The molecule has 0 N–H and O–H groups in total. The third kappa shape index (κ3) is 5.66. The average Bonchev–Trinajstić information content (AvgIpc) is 3.15. The molecule has 0 saturated carbocycles. The molecule has 2 aromatic carbocycles. The Kier molecular flexibility index (Phi) is 7.33. The van der Waals surface area contributed by atoms with E-state index >= 15 is 0 Å². The highest BCUT2D eigenvalue weighted by Gasteiger charge is 2.62. The van der Waals surface area contributed by atoms with Gasteiger partial charge in [-0.2, -0.15) is 0 Å². The van der Waals surface area contributed by atoms with Crippen molar-refractivity contribution in [1.82, 2.24) is 0 Å². The van der Waals surface area contributed by atoms with Gasteiger partial charge in [-0.15, -0.1) is 0 Å². The molecule has 7 heteroatoms. The monoisotopic (exact) mass is 552 g/mol. The van der Waals surface area contributed by atoms with E-state index in [1.807, 2.05) is 80.6 Å². The summed E-state index contributed by atoms with van der Waals surface area (Å²) >= 11 is 6.97. The van der Waals surface area contributed by atoms with Crippen LogP contribution in [0.3, 0.4) is 0 Å². The molecule has 0 bridgehead atoms. The summed E-state index contributed by atoms with van der Waals surface area (Å²) in [5, 5.41) is 0. The molecule has 4 atom stereocenters. The van der Waals surface area contributed by atoms with E-state index in [-0.39, 0.29) is 12.7 Å². The molecule has 31 heavy (non-hydrogen) atoms. The van der Waals surface area contributed by atoms with Gasteiger partial charge in [0.1, 0.15) is 17.8 Å². The molecule has 2 aliphatic heterocycles. The Bertz CT molecular complexity index is 885. The number of rotatable bonds is 8. The van der Waals surface area contributed by atoms with Gasteiger partial charge in [-0.25, -0.2) is 0 Å². The van der Waals surface area contributed by atoms with Crippen molar-refractivity contribution in [2.45, 2.75) is 56.9 Å². The number of fused-ring (bicyclic) bond motifs is 1. The number of halogens is 2. The van der Waals surface area contributed by atoms with Gasteiger partial charge in [0, 0.05) is 0 Å². The Labute approximate surface area is 199 Å². The largest absolute Gasteiger partial charge is 0.373 e. The molecule has 2 aliphatic rings. The van der Waals surface area contributed by atoms with Gasteiger partial charge in [0.2, 0.25) is 0 Å². The molecule has 3 unspecified atom stereocenters. The van der Waals surface area contributed by atoms with Crippen LogP contribution in [0.1, 0.15) is 25.0 Å². The maximum absolute atomic E-state index is 6.42. The zero-order valence-corrected chi connectivity index (χ0v) is 20.7. The Morgan fingerprint density at radius 2 is 1.52 bits per heavy atom. The molecule has 4 rings (SSSR count). The number of hydrogen-bond donors (Lipinski definition) is 0. The van der Waals surface area contributed by atoms with Crippen LogP contribution >= 0.6 is 31.9 Å². The van der Waals surface area contributed by atoms with Crippen molar-refractivity contribution in [3.63, 3.8) is 0 Å². The van der Waals surface area contributed by atoms with Crippen molar-refractivity contribution in [3.05, 3.63) is 81.3 Å². The lowest BCUT2D eigenvalue weighted by Gasteiger charge is -2.34. The van der Waals surface area contributed by atoms with Crippen LogP contribution in [0.2, 0.25) is 0 Å². The van der Waals surface area contributed by atoms with Crippen molar-refractivity contribution >= 4 is 31.9 Å². The van der Waals surface area contributed by atoms with E-state index in [2.05, 4.69) is 31.9 Å². The van der Waals surface area contributed by atoms with Crippen LogP contribution in [0.4, 0.5) is 0 Å². The van der Waals surface area contributed by atoms with E-state index in [1.54, 1.807) is 0 Å². The molecule has 5 nitrogen and oxygen atoms in total. The summed E-state index contributed by atoms with van der Waals surface area (Å²) in [7, 11) is 0. The molecule has 0 amide bonds. The minimum atomic E-state index is -0.891. The first-order valence-electron chi connectivity index (χ1n) is 10.2. The molecular weight excluding hydrogens is 528 g/mol. The molecule has 2 saturated heterocycles. The van der Waals surface area contributed by atoms with Crippen molar-refractivity contribution in [2.24, 2.45) is 0 Å². The highest BCUT2D eigenvalue weighted by atomic mass is 79.9. The fraction of sp³-hybridized carbons (Fsp3) is 0.417. The lowest BCUT2D eigenvalue weighted by molar-refractivity contribution is -0.243. The van der Waals surface area contributed by atoms with Crippen LogP contribution < -0.4 is 0 Å². The molecule has 0 spiro atoms. The molecule has 0 radical (unpaired) electrons. The van der Waals surface area contributed by atoms with Crippen LogP contribution in [0.5, 0.6) is 0 Å². The number of benzene rings is 2. The summed E-state index contributed by atoms with van der Waals surface area (Å²) in [5.41, 5.74) is 1.27. The third-order valence-corrected chi connectivity index (χ3v) is 5.73. The topological polar surface area (TPSA) is 46.2 Å². The molecular formula is C24H26Br2O5. The van der Waals surface area contributed by atoms with E-state index in [4.69, 9.17) is 23.7 Å². The van der Waals surface area contributed by atoms with Crippen molar-refractivity contribution in [1.29, 1.82) is 0 Å². The SMILES string of the molecule is CC1(C)OC2O[C@](C=C(Br)Br)(COCc3ccccc3)C(OCc3ccccc3)C2O1. The van der Waals surface area contributed by atoms with Gasteiger partial charge in [0.15, 0.2) is 12.1 Å². The Hall–Kier alpha value is -1.06. The second kappa shape index (κ2) is 9.83. The Morgan fingerprint density at radius 1 is 0.903 bits per heavy atom. The number of hydrogen-bond acceptors (Lipinski definition) is 5. The summed E-state index contributed by atoms with van der Waals surface area (Å²) in [6.07, 6.45) is 0.563. The van der Waals surface area contributed by atoms with Crippen LogP contribution in [0.25, 0.3) is 0 Å². The third-order valence-electron chi connectivity index (χ3n) is 5.27. The second-order valence-electron chi connectivity index (χ2n) is 8.17. The average molecular weight is 554 g/mol. The van der Waals surface area contributed by atoms with E-state index < -0.39 is 23.8 Å². The molecule has 0 aliphatic carbocycles.